The lowest BCUT2D eigenvalue weighted by molar-refractivity contribution is 0.0600. The average molecular weight is 378 g/mol. The van der Waals surface area contributed by atoms with Gasteiger partial charge in [0.25, 0.3) is 0 Å². The van der Waals surface area contributed by atoms with Crippen LogP contribution >= 0.6 is 0 Å². The number of aryl methyl sites for hydroxylation is 2. The quantitative estimate of drug-likeness (QED) is 0.807. The zero-order valence-electron chi connectivity index (χ0n) is 15.0. The molecule has 2 aromatic rings. The zero-order valence-corrected chi connectivity index (χ0v) is 15.8. The number of methoxy groups -OCH3 is 1. The van der Waals surface area contributed by atoms with Crippen molar-refractivity contribution in [3.63, 3.8) is 0 Å². The van der Waals surface area contributed by atoms with Crippen molar-refractivity contribution in [2.24, 2.45) is 0 Å². The first kappa shape index (κ1) is 18.4. The Morgan fingerprint density at radius 2 is 1.73 bits per heavy atom. The molecule has 8 nitrogen and oxygen atoms in total. The molecule has 9 heteroatoms. The summed E-state index contributed by atoms with van der Waals surface area (Å²) in [5, 5.41) is 6.72. The first-order valence-corrected chi connectivity index (χ1v) is 9.73. The van der Waals surface area contributed by atoms with Gasteiger partial charge >= 0.3 is 5.97 Å². The number of benzene rings is 1. The number of ether oxygens (including phenoxy) is 1. The summed E-state index contributed by atoms with van der Waals surface area (Å²) in [6.07, 6.45) is 0. The molecule has 1 aromatic carbocycles. The summed E-state index contributed by atoms with van der Waals surface area (Å²) in [6, 6.07) is 7.12. The zero-order chi connectivity index (χ0) is 18.9. The molecular weight excluding hydrogens is 356 g/mol. The number of aromatic amines is 1. The van der Waals surface area contributed by atoms with Gasteiger partial charge in [0.15, 0.2) is 0 Å². The van der Waals surface area contributed by atoms with E-state index in [9.17, 15) is 13.2 Å². The van der Waals surface area contributed by atoms with Crippen molar-refractivity contribution in [3.05, 3.63) is 41.2 Å². The second-order valence-corrected chi connectivity index (χ2v) is 8.07. The summed E-state index contributed by atoms with van der Waals surface area (Å²) < 4.78 is 32.0. The molecule has 26 heavy (non-hydrogen) atoms. The van der Waals surface area contributed by atoms with Crippen LogP contribution in [-0.2, 0) is 14.8 Å². The van der Waals surface area contributed by atoms with Crippen LogP contribution in [0.1, 0.15) is 21.7 Å². The molecule has 1 saturated heterocycles. The molecule has 1 aromatic heterocycles. The molecule has 0 radical (unpaired) electrons. The van der Waals surface area contributed by atoms with Gasteiger partial charge in [-0.05, 0) is 38.1 Å². The predicted octanol–water partition coefficient (Wildman–Crippen LogP) is 1.32. The van der Waals surface area contributed by atoms with Crippen LogP contribution in [0.25, 0.3) is 0 Å². The van der Waals surface area contributed by atoms with Crippen molar-refractivity contribution in [3.8, 4) is 0 Å². The topological polar surface area (TPSA) is 95.6 Å². The summed E-state index contributed by atoms with van der Waals surface area (Å²) in [4.78, 5) is 13.9. The van der Waals surface area contributed by atoms with Gasteiger partial charge in [-0.2, -0.15) is 9.40 Å². The van der Waals surface area contributed by atoms with Gasteiger partial charge in [0.05, 0.1) is 24.1 Å². The number of rotatable bonds is 4. The Morgan fingerprint density at radius 1 is 1.12 bits per heavy atom. The Morgan fingerprint density at radius 3 is 2.23 bits per heavy atom. The maximum absolute atomic E-state index is 12.9. The molecule has 0 unspecified atom stereocenters. The fourth-order valence-electron chi connectivity index (χ4n) is 3.16. The molecule has 0 aliphatic carbocycles. The number of aromatic nitrogens is 2. The average Bonchev–Trinajstić information content (AvgIpc) is 3.00. The highest BCUT2D eigenvalue weighted by molar-refractivity contribution is 7.89. The van der Waals surface area contributed by atoms with Gasteiger partial charge in [0.1, 0.15) is 4.90 Å². The first-order chi connectivity index (χ1) is 12.3. The lowest BCUT2D eigenvalue weighted by Crippen LogP contribution is -2.48. The van der Waals surface area contributed by atoms with Gasteiger partial charge in [-0.15, -0.1) is 0 Å². The number of anilines is 1. The van der Waals surface area contributed by atoms with Crippen molar-refractivity contribution < 1.29 is 17.9 Å². The molecule has 1 aliphatic heterocycles. The first-order valence-electron chi connectivity index (χ1n) is 8.29. The van der Waals surface area contributed by atoms with E-state index in [-0.39, 0.29) is 10.9 Å². The summed E-state index contributed by atoms with van der Waals surface area (Å²) in [7, 11) is -2.21. The van der Waals surface area contributed by atoms with Crippen molar-refractivity contribution in [1.82, 2.24) is 14.5 Å². The van der Waals surface area contributed by atoms with E-state index in [2.05, 4.69) is 15.1 Å². The minimum absolute atomic E-state index is 0.272. The molecule has 0 bridgehead atoms. The molecule has 0 spiro atoms. The van der Waals surface area contributed by atoms with Gasteiger partial charge < -0.3 is 9.64 Å². The Labute approximate surface area is 152 Å². The number of nitrogens with one attached hydrogen (secondary N) is 1. The van der Waals surface area contributed by atoms with Crippen LogP contribution < -0.4 is 4.90 Å². The highest BCUT2D eigenvalue weighted by Gasteiger charge is 2.32. The predicted molar refractivity (Wildman–Crippen MR) is 96.8 cm³/mol. The Balaban J connectivity index is 1.70. The van der Waals surface area contributed by atoms with Crippen molar-refractivity contribution >= 4 is 21.7 Å². The molecule has 1 aliphatic rings. The maximum Gasteiger partial charge on any atom is 0.337 e. The van der Waals surface area contributed by atoms with Crippen LogP contribution in [-0.4, -0.2) is 62.2 Å². The normalized spacial score (nSPS) is 15.9. The van der Waals surface area contributed by atoms with E-state index >= 15 is 0 Å². The van der Waals surface area contributed by atoms with Crippen molar-refractivity contribution in [2.75, 3.05) is 38.2 Å². The van der Waals surface area contributed by atoms with Crippen LogP contribution in [0.4, 0.5) is 5.69 Å². The summed E-state index contributed by atoms with van der Waals surface area (Å²) >= 11 is 0. The summed E-state index contributed by atoms with van der Waals surface area (Å²) in [5.41, 5.74) is 2.49. The van der Waals surface area contributed by atoms with Gasteiger partial charge in [0.2, 0.25) is 10.0 Å². The maximum atomic E-state index is 12.9. The van der Waals surface area contributed by atoms with Gasteiger partial charge in [-0.25, -0.2) is 13.2 Å². The number of H-pyrrole nitrogens is 1. The fraction of sp³-hybridized carbons (Fsp3) is 0.412. The number of carbonyl (C=O) groups is 1. The lowest BCUT2D eigenvalue weighted by atomic mass is 10.2. The van der Waals surface area contributed by atoms with Crippen molar-refractivity contribution in [1.29, 1.82) is 0 Å². The van der Waals surface area contributed by atoms with Crippen LogP contribution in [0.5, 0.6) is 0 Å². The van der Waals surface area contributed by atoms with Gasteiger partial charge in [0, 0.05) is 31.9 Å². The minimum atomic E-state index is -3.56. The van der Waals surface area contributed by atoms with E-state index in [1.54, 1.807) is 26.0 Å². The molecular formula is C17H22N4O4S. The standard InChI is InChI=1S/C17H22N4O4S/c1-12-16(13(2)19-18-12)26(23,24)21-10-8-20(9-11-21)15-6-4-14(5-7-15)17(22)25-3/h4-7H,8-11H2,1-3H3,(H,18,19). The molecule has 0 amide bonds. The number of piperazine rings is 1. The largest absolute Gasteiger partial charge is 0.465 e. The molecule has 2 heterocycles. The van der Waals surface area contributed by atoms with E-state index in [0.717, 1.165) is 5.69 Å². The van der Waals surface area contributed by atoms with Gasteiger partial charge in [-0.3, -0.25) is 5.10 Å². The minimum Gasteiger partial charge on any atom is -0.465 e. The molecule has 0 atom stereocenters. The number of hydrogen-bond acceptors (Lipinski definition) is 6. The second-order valence-electron chi connectivity index (χ2n) is 6.19. The van der Waals surface area contributed by atoms with Crippen molar-refractivity contribution in [2.45, 2.75) is 18.7 Å². The third-order valence-electron chi connectivity index (χ3n) is 4.55. The molecule has 140 valence electrons. The number of sulfonamides is 1. The number of nitrogens with zero attached hydrogens (tertiary/aromatic N) is 3. The Hall–Kier alpha value is -2.39. The molecule has 1 N–H and O–H groups in total. The van der Waals surface area contributed by atoms with Crippen LogP contribution in [0.15, 0.2) is 29.2 Å². The van der Waals surface area contributed by atoms with E-state index in [0.29, 0.717) is 43.1 Å². The number of carbonyl (C=O) groups excluding carboxylic acids is 1. The van der Waals surface area contributed by atoms with Crippen LogP contribution in [0.2, 0.25) is 0 Å². The summed E-state index contributed by atoms with van der Waals surface area (Å²) in [6.45, 7) is 5.34. The van der Waals surface area contributed by atoms with E-state index in [1.165, 1.54) is 11.4 Å². The highest BCUT2D eigenvalue weighted by atomic mass is 32.2. The Kier molecular flexibility index (Phi) is 5.01. The summed E-state index contributed by atoms with van der Waals surface area (Å²) in [5.74, 6) is -0.377. The van der Waals surface area contributed by atoms with Gasteiger partial charge in [-0.1, -0.05) is 0 Å². The second kappa shape index (κ2) is 7.08. The number of esters is 1. The molecule has 1 fully saturated rings. The lowest BCUT2D eigenvalue weighted by Gasteiger charge is -2.35. The smallest absolute Gasteiger partial charge is 0.337 e. The third-order valence-corrected chi connectivity index (χ3v) is 6.71. The van der Waals surface area contributed by atoms with E-state index in [1.807, 2.05) is 12.1 Å². The monoisotopic (exact) mass is 378 g/mol. The van der Waals surface area contributed by atoms with Crippen LogP contribution in [0, 0.1) is 13.8 Å². The fourth-order valence-corrected chi connectivity index (χ4v) is 4.92. The van der Waals surface area contributed by atoms with E-state index in [4.69, 9.17) is 4.74 Å². The Bertz CT molecular complexity index is 878. The molecule has 0 saturated carbocycles. The van der Waals surface area contributed by atoms with Crippen LogP contribution in [0.3, 0.4) is 0 Å². The highest BCUT2D eigenvalue weighted by Crippen LogP contribution is 2.24. The van der Waals surface area contributed by atoms with E-state index < -0.39 is 10.0 Å². The number of hydrogen-bond donors (Lipinski definition) is 1. The SMILES string of the molecule is COC(=O)c1ccc(N2CCN(S(=O)(=O)c3c(C)n[nH]c3C)CC2)cc1. The third kappa shape index (κ3) is 3.32. The molecule has 3 rings (SSSR count).